The minimum Gasteiger partial charge on any atom is -0.370 e. The van der Waals surface area contributed by atoms with Crippen molar-refractivity contribution in [2.24, 2.45) is 0 Å². The molecule has 1 aromatic carbocycles. The summed E-state index contributed by atoms with van der Waals surface area (Å²) in [7, 11) is 0. The zero-order valence-corrected chi connectivity index (χ0v) is 9.96. The average Bonchev–Trinajstić information content (AvgIpc) is 2.35. The van der Waals surface area contributed by atoms with E-state index >= 15 is 0 Å². The number of aryl methyl sites for hydroxylation is 1. The summed E-state index contributed by atoms with van der Waals surface area (Å²) >= 11 is 0. The third-order valence-electron chi connectivity index (χ3n) is 2.82. The normalized spacial score (nSPS) is 10.6. The van der Waals surface area contributed by atoms with Crippen molar-refractivity contribution in [3.63, 3.8) is 0 Å². The predicted molar refractivity (Wildman–Crippen MR) is 69.9 cm³/mol. The fourth-order valence-corrected chi connectivity index (χ4v) is 1.96. The molecule has 0 atom stereocenters. The third kappa shape index (κ3) is 2.01. The molecule has 0 bridgehead atoms. The van der Waals surface area contributed by atoms with E-state index in [2.05, 4.69) is 48.4 Å². The summed E-state index contributed by atoms with van der Waals surface area (Å²) in [5.74, 6) is 1.01. The fraction of sp³-hybridized carbons (Fsp3) is 0.357. The summed E-state index contributed by atoms with van der Waals surface area (Å²) in [5, 5.41) is 5.93. The fourth-order valence-electron chi connectivity index (χ4n) is 1.96. The first-order valence-electron chi connectivity index (χ1n) is 5.97. The van der Waals surface area contributed by atoms with Gasteiger partial charge in [0.25, 0.3) is 0 Å². The maximum Gasteiger partial charge on any atom is 0.133 e. The molecule has 0 saturated heterocycles. The Morgan fingerprint density at radius 3 is 2.75 bits per heavy atom. The lowest BCUT2D eigenvalue weighted by molar-refractivity contribution is 0.972. The Hall–Kier alpha value is -1.57. The zero-order valence-electron chi connectivity index (χ0n) is 9.96. The number of hydrogen-bond donors (Lipinski definition) is 1. The smallest absolute Gasteiger partial charge is 0.133 e. The molecule has 0 radical (unpaired) electrons. The van der Waals surface area contributed by atoms with Crippen molar-refractivity contribution in [3.8, 4) is 0 Å². The quantitative estimate of drug-likeness (QED) is 0.840. The molecule has 16 heavy (non-hydrogen) atoms. The van der Waals surface area contributed by atoms with E-state index < -0.39 is 0 Å². The van der Waals surface area contributed by atoms with Crippen LogP contribution in [0.5, 0.6) is 0 Å². The summed E-state index contributed by atoms with van der Waals surface area (Å²) in [6, 6.07) is 8.54. The number of pyridine rings is 1. The van der Waals surface area contributed by atoms with Crippen LogP contribution >= 0.6 is 0 Å². The number of fused-ring (bicyclic) bond motifs is 1. The molecule has 1 N–H and O–H groups in total. The second kappa shape index (κ2) is 4.97. The number of anilines is 1. The Balaban J connectivity index is 2.51. The summed E-state index contributed by atoms with van der Waals surface area (Å²) < 4.78 is 0. The Bertz CT molecular complexity index is 477. The molecule has 2 aromatic rings. The van der Waals surface area contributed by atoms with Gasteiger partial charge in [-0.15, -0.1) is 0 Å². The first-order chi connectivity index (χ1) is 7.86. The second-order valence-corrected chi connectivity index (χ2v) is 3.95. The number of nitrogens with one attached hydrogen (secondary N) is 1. The van der Waals surface area contributed by atoms with E-state index in [9.17, 15) is 0 Å². The highest BCUT2D eigenvalue weighted by molar-refractivity contribution is 5.93. The molecule has 1 aromatic heterocycles. The number of hydrogen-bond acceptors (Lipinski definition) is 2. The summed E-state index contributed by atoms with van der Waals surface area (Å²) in [6.45, 7) is 5.33. The second-order valence-electron chi connectivity index (χ2n) is 3.95. The molecule has 0 aliphatic rings. The minimum absolute atomic E-state index is 0.975. The number of benzene rings is 1. The monoisotopic (exact) mass is 214 g/mol. The van der Waals surface area contributed by atoms with E-state index in [1.54, 1.807) is 0 Å². The van der Waals surface area contributed by atoms with Crippen LogP contribution in [0.1, 0.15) is 25.8 Å². The molecule has 0 amide bonds. The van der Waals surface area contributed by atoms with Crippen molar-refractivity contribution < 1.29 is 0 Å². The first kappa shape index (κ1) is 10.9. The molecular weight excluding hydrogens is 196 g/mol. The van der Waals surface area contributed by atoms with Gasteiger partial charge in [-0.1, -0.05) is 32.0 Å². The number of aromatic nitrogens is 1. The molecule has 2 rings (SSSR count). The SMILES string of the molecule is CCCNc1nccc2c(CC)cccc12. The molecule has 1 heterocycles. The maximum absolute atomic E-state index is 4.41. The van der Waals surface area contributed by atoms with Crippen LogP contribution in [0.4, 0.5) is 5.82 Å². The largest absolute Gasteiger partial charge is 0.370 e. The van der Waals surface area contributed by atoms with Crippen LogP contribution in [0, 0.1) is 0 Å². The Morgan fingerprint density at radius 1 is 1.12 bits per heavy atom. The molecule has 0 fully saturated rings. The van der Waals surface area contributed by atoms with Gasteiger partial charge in [-0.2, -0.15) is 0 Å². The average molecular weight is 214 g/mol. The van der Waals surface area contributed by atoms with Gasteiger partial charge in [0.05, 0.1) is 0 Å². The molecule has 0 spiro atoms. The maximum atomic E-state index is 4.41. The van der Waals surface area contributed by atoms with E-state index in [4.69, 9.17) is 0 Å². The van der Waals surface area contributed by atoms with Gasteiger partial charge < -0.3 is 5.32 Å². The Kier molecular flexibility index (Phi) is 3.40. The topological polar surface area (TPSA) is 24.9 Å². The van der Waals surface area contributed by atoms with Gasteiger partial charge in [-0.25, -0.2) is 4.98 Å². The van der Waals surface area contributed by atoms with Crippen molar-refractivity contribution in [1.29, 1.82) is 0 Å². The van der Waals surface area contributed by atoms with Crippen LogP contribution in [0.2, 0.25) is 0 Å². The molecule has 0 aliphatic heterocycles. The Labute approximate surface area is 96.7 Å². The molecule has 0 unspecified atom stereocenters. The third-order valence-corrected chi connectivity index (χ3v) is 2.82. The lowest BCUT2D eigenvalue weighted by Crippen LogP contribution is -2.02. The van der Waals surface area contributed by atoms with Gasteiger partial charge in [-0.3, -0.25) is 0 Å². The van der Waals surface area contributed by atoms with Gasteiger partial charge in [0.2, 0.25) is 0 Å². The van der Waals surface area contributed by atoms with Crippen molar-refractivity contribution in [2.45, 2.75) is 26.7 Å². The highest BCUT2D eigenvalue weighted by atomic mass is 15.0. The lowest BCUT2D eigenvalue weighted by atomic mass is 10.0. The highest BCUT2D eigenvalue weighted by Crippen LogP contribution is 2.24. The van der Waals surface area contributed by atoms with Crippen LogP contribution in [-0.4, -0.2) is 11.5 Å². The highest BCUT2D eigenvalue weighted by Gasteiger charge is 2.03. The molecular formula is C14H18N2. The van der Waals surface area contributed by atoms with Crippen molar-refractivity contribution in [2.75, 3.05) is 11.9 Å². The van der Waals surface area contributed by atoms with Gasteiger partial charge in [0.1, 0.15) is 5.82 Å². The predicted octanol–water partition coefficient (Wildman–Crippen LogP) is 3.62. The Morgan fingerprint density at radius 2 is 2.00 bits per heavy atom. The lowest BCUT2D eigenvalue weighted by Gasteiger charge is -2.09. The van der Waals surface area contributed by atoms with Crippen LogP contribution in [-0.2, 0) is 6.42 Å². The number of nitrogens with zero attached hydrogens (tertiary/aromatic N) is 1. The van der Waals surface area contributed by atoms with Crippen molar-refractivity contribution in [1.82, 2.24) is 4.98 Å². The van der Waals surface area contributed by atoms with Gasteiger partial charge in [-0.05, 0) is 29.9 Å². The van der Waals surface area contributed by atoms with Gasteiger partial charge >= 0.3 is 0 Å². The van der Waals surface area contributed by atoms with E-state index in [0.29, 0.717) is 0 Å². The van der Waals surface area contributed by atoms with Crippen LogP contribution in [0.25, 0.3) is 10.8 Å². The summed E-state index contributed by atoms with van der Waals surface area (Å²) in [4.78, 5) is 4.41. The first-order valence-corrected chi connectivity index (χ1v) is 5.97. The molecule has 0 aliphatic carbocycles. The van der Waals surface area contributed by atoms with Crippen LogP contribution in [0.3, 0.4) is 0 Å². The van der Waals surface area contributed by atoms with Gasteiger partial charge in [0, 0.05) is 18.1 Å². The van der Waals surface area contributed by atoms with E-state index in [-0.39, 0.29) is 0 Å². The van der Waals surface area contributed by atoms with E-state index in [1.807, 2.05) is 6.20 Å². The van der Waals surface area contributed by atoms with Crippen molar-refractivity contribution in [3.05, 3.63) is 36.0 Å². The van der Waals surface area contributed by atoms with Crippen LogP contribution in [0.15, 0.2) is 30.5 Å². The van der Waals surface area contributed by atoms with Crippen molar-refractivity contribution >= 4 is 16.6 Å². The minimum atomic E-state index is 0.975. The summed E-state index contributed by atoms with van der Waals surface area (Å²) in [6.07, 6.45) is 4.07. The molecule has 0 saturated carbocycles. The summed E-state index contributed by atoms with van der Waals surface area (Å²) in [5.41, 5.74) is 1.39. The molecule has 2 heteroatoms. The van der Waals surface area contributed by atoms with E-state index in [1.165, 1.54) is 16.3 Å². The van der Waals surface area contributed by atoms with E-state index in [0.717, 1.165) is 25.2 Å². The van der Waals surface area contributed by atoms with Gasteiger partial charge in [0.15, 0.2) is 0 Å². The van der Waals surface area contributed by atoms with Crippen LogP contribution < -0.4 is 5.32 Å². The molecule has 84 valence electrons. The standard InChI is InChI=1S/C14H18N2/c1-3-9-15-14-13-7-5-6-11(4-2)12(13)8-10-16-14/h5-8,10H,3-4,9H2,1-2H3,(H,15,16). The zero-order chi connectivity index (χ0) is 11.4. The number of rotatable bonds is 4. The molecule has 2 nitrogen and oxygen atoms in total.